The van der Waals surface area contributed by atoms with Crippen LogP contribution in [-0.4, -0.2) is 32.3 Å². The van der Waals surface area contributed by atoms with Gasteiger partial charge < -0.3 is 14.8 Å². The van der Waals surface area contributed by atoms with Crippen molar-refractivity contribution in [3.8, 4) is 23.0 Å². The highest BCUT2D eigenvalue weighted by Crippen LogP contribution is 2.44. The number of methoxy groups -OCH3 is 1. The number of carbonyl (C=O) groups is 2. The van der Waals surface area contributed by atoms with Crippen molar-refractivity contribution in [1.82, 2.24) is 5.32 Å². The second kappa shape index (κ2) is 10.5. The molecule has 0 fully saturated rings. The lowest BCUT2D eigenvalue weighted by Gasteiger charge is -2.14. The van der Waals surface area contributed by atoms with Crippen molar-refractivity contribution in [2.45, 2.75) is 18.8 Å². The maximum atomic E-state index is 12.2. The van der Waals surface area contributed by atoms with E-state index in [1.54, 1.807) is 0 Å². The van der Waals surface area contributed by atoms with Crippen molar-refractivity contribution in [1.29, 1.82) is 0 Å². The van der Waals surface area contributed by atoms with Gasteiger partial charge in [-0.25, -0.2) is 4.79 Å². The molecule has 5 nitrogen and oxygen atoms in total. The van der Waals surface area contributed by atoms with Gasteiger partial charge in [0.2, 0.25) is 0 Å². The Hall–Kier alpha value is -4.04. The highest BCUT2D eigenvalue weighted by atomic mass is 16.5. The highest BCUT2D eigenvalue weighted by Gasteiger charge is 2.28. The largest absolute Gasteiger partial charge is 0.469 e. The Morgan fingerprint density at radius 3 is 2.24 bits per heavy atom. The van der Waals surface area contributed by atoms with Gasteiger partial charge in [-0.2, -0.15) is 0 Å². The van der Waals surface area contributed by atoms with Gasteiger partial charge in [0.25, 0.3) is 0 Å². The maximum absolute atomic E-state index is 12.2. The number of hydrogen-bond acceptors (Lipinski definition) is 4. The van der Waals surface area contributed by atoms with Crippen LogP contribution in [0.25, 0.3) is 11.1 Å². The molecule has 0 radical (unpaired) electrons. The number of ether oxygens (including phenoxy) is 2. The third-order valence-corrected chi connectivity index (χ3v) is 5.67. The smallest absolute Gasteiger partial charge is 0.407 e. The quantitative estimate of drug-likeness (QED) is 0.344. The summed E-state index contributed by atoms with van der Waals surface area (Å²) in [6, 6.07) is 23.9. The fourth-order valence-corrected chi connectivity index (χ4v) is 4.06. The van der Waals surface area contributed by atoms with E-state index in [9.17, 15) is 9.59 Å². The van der Waals surface area contributed by atoms with Gasteiger partial charge in [-0.3, -0.25) is 4.79 Å². The molecule has 5 heteroatoms. The Kier molecular flexibility index (Phi) is 7.06. The molecule has 1 aliphatic carbocycles. The van der Waals surface area contributed by atoms with Crippen LogP contribution < -0.4 is 5.32 Å². The third-order valence-electron chi connectivity index (χ3n) is 5.67. The summed E-state index contributed by atoms with van der Waals surface area (Å²) in [5.74, 6) is 5.84. The fourth-order valence-electron chi connectivity index (χ4n) is 4.06. The number of amides is 1. The first kappa shape index (κ1) is 22.2. The van der Waals surface area contributed by atoms with Gasteiger partial charge in [0, 0.05) is 24.4 Å². The van der Waals surface area contributed by atoms with Crippen molar-refractivity contribution >= 4 is 12.1 Å². The lowest BCUT2D eigenvalue weighted by molar-refractivity contribution is -0.139. The van der Waals surface area contributed by atoms with Crippen LogP contribution in [0.4, 0.5) is 4.79 Å². The first-order valence-corrected chi connectivity index (χ1v) is 10.9. The highest BCUT2D eigenvalue weighted by molar-refractivity contribution is 5.79. The van der Waals surface area contributed by atoms with Crippen molar-refractivity contribution in [3.63, 3.8) is 0 Å². The van der Waals surface area contributed by atoms with Crippen LogP contribution in [0.2, 0.25) is 0 Å². The summed E-state index contributed by atoms with van der Waals surface area (Å²) < 4.78 is 10.3. The summed E-state index contributed by atoms with van der Waals surface area (Å²) in [6.07, 6.45) is 0.195. The third kappa shape index (κ3) is 5.24. The van der Waals surface area contributed by atoms with Crippen molar-refractivity contribution in [2.24, 2.45) is 0 Å². The fraction of sp³-hybridized carbons (Fsp3) is 0.214. The van der Waals surface area contributed by atoms with E-state index in [0.717, 1.165) is 11.1 Å². The Bertz CT molecular complexity index is 1180. The molecule has 166 valence electrons. The van der Waals surface area contributed by atoms with Crippen LogP contribution in [0.1, 0.15) is 34.6 Å². The first-order chi connectivity index (χ1) is 16.2. The van der Waals surface area contributed by atoms with Gasteiger partial charge in [-0.1, -0.05) is 78.6 Å². The molecule has 0 heterocycles. The van der Waals surface area contributed by atoms with Gasteiger partial charge in [0.15, 0.2) is 0 Å². The van der Waals surface area contributed by atoms with Crippen LogP contribution in [0.5, 0.6) is 0 Å². The molecule has 3 aromatic rings. The summed E-state index contributed by atoms with van der Waals surface area (Å²) in [6.45, 7) is 0.662. The molecule has 3 aromatic carbocycles. The second-order valence-corrected chi connectivity index (χ2v) is 7.71. The predicted octanol–water partition coefficient (Wildman–Crippen LogP) is 4.68. The van der Waals surface area contributed by atoms with Gasteiger partial charge >= 0.3 is 12.1 Å². The lowest BCUT2D eigenvalue weighted by atomic mass is 9.98. The zero-order valence-electron chi connectivity index (χ0n) is 18.5. The lowest BCUT2D eigenvalue weighted by Crippen LogP contribution is -2.26. The topological polar surface area (TPSA) is 64.6 Å². The number of benzene rings is 3. The monoisotopic (exact) mass is 439 g/mol. The van der Waals surface area contributed by atoms with Crippen molar-refractivity contribution in [3.05, 3.63) is 95.1 Å². The Morgan fingerprint density at radius 1 is 0.909 bits per heavy atom. The average Bonchev–Trinajstić information content (AvgIpc) is 3.17. The molecule has 4 rings (SSSR count). The van der Waals surface area contributed by atoms with E-state index in [1.807, 2.05) is 48.5 Å². The second-order valence-electron chi connectivity index (χ2n) is 7.71. The molecule has 0 aromatic heterocycles. The van der Waals surface area contributed by atoms with Gasteiger partial charge in [0.1, 0.15) is 6.61 Å². The van der Waals surface area contributed by atoms with Crippen LogP contribution in [-0.2, 0) is 20.7 Å². The number of rotatable bonds is 6. The van der Waals surface area contributed by atoms with E-state index in [0.29, 0.717) is 13.0 Å². The zero-order chi connectivity index (χ0) is 23.0. The molecule has 0 aliphatic heterocycles. The van der Waals surface area contributed by atoms with Crippen molar-refractivity contribution in [2.75, 3.05) is 20.3 Å². The predicted molar refractivity (Wildman–Crippen MR) is 127 cm³/mol. The van der Waals surface area contributed by atoms with Gasteiger partial charge in [0.05, 0.1) is 13.5 Å². The molecule has 0 bridgehead atoms. The minimum atomic E-state index is -0.454. The standard InChI is InChI=1S/C28H25NO4/c1-32-27(30)18-21-12-3-2-10-20(21)11-8-9-17-29-28(31)33-19-26-24-15-6-4-13-22(24)23-14-5-7-16-25(23)26/h2-7,10,12-16,26H,9,17-19H2,1H3,(H,29,31). The molecule has 0 unspecified atom stereocenters. The number of esters is 1. The van der Waals surface area contributed by atoms with E-state index in [-0.39, 0.29) is 24.9 Å². The first-order valence-electron chi connectivity index (χ1n) is 10.9. The summed E-state index contributed by atoms with van der Waals surface area (Å²) in [4.78, 5) is 23.8. The number of nitrogens with one attached hydrogen (secondary N) is 1. The number of carbonyl (C=O) groups excluding carboxylic acids is 2. The normalized spacial score (nSPS) is 11.5. The number of alkyl carbamates (subject to hydrolysis) is 1. The molecule has 0 atom stereocenters. The minimum absolute atomic E-state index is 0.0363. The molecule has 1 N–H and O–H groups in total. The van der Waals surface area contributed by atoms with Crippen molar-refractivity contribution < 1.29 is 19.1 Å². The van der Waals surface area contributed by atoms with Gasteiger partial charge in [-0.15, -0.1) is 0 Å². The van der Waals surface area contributed by atoms with E-state index in [1.165, 1.54) is 29.4 Å². The average molecular weight is 440 g/mol. The van der Waals surface area contributed by atoms with Crippen LogP contribution in [0, 0.1) is 11.8 Å². The molecule has 33 heavy (non-hydrogen) atoms. The molecule has 0 saturated heterocycles. The molecule has 1 aliphatic rings. The summed E-state index contributed by atoms with van der Waals surface area (Å²) in [5, 5.41) is 2.76. The SMILES string of the molecule is COC(=O)Cc1ccccc1C#CCCNC(=O)OCC1c2ccccc2-c2ccccc21. The molecular weight excluding hydrogens is 414 g/mol. The maximum Gasteiger partial charge on any atom is 0.407 e. The molecular formula is C28H25NO4. The summed E-state index contributed by atoms with van der Waals surface area (Å²) in [7, 11) is 1.37. The van der Waals surface area contributed by atoms with Gasteiger partial charge in [-0.05, 0) is 33.9 Å². The van der Waals surface area contributed by atoms with E-state index >= 15 is 0 Å². The molecule has 1 amide bonds. The summed E-state index contributed by atoms with van der Waals surface area (Å²) >= 11 is 0. The van der Waals surface area contributed by atoms with E-state index in [4.69, 9.17) is 9.47 Å². The van der Waals surface area contributed by atoms with Crippen LogP contribution in [0.15, 0.2) is 72.8 Å². The molecule has 0 saturated carbocycles. The van der Waals surface area contributed by atoms with E-state index in [2.05, 4.69) is 41.4 Å². The minimum Gasteiger partial charge on any atom is -0.469 e. The molecule has 0 spiro atoms. The van der Waals surface area contributed by atoms with E-state index < -0.39 is 6.09 Å². The number of fused-ring (bicyclic) bond motifs is 3. The van der Waals surface area contributed by atoms with Crippen LogP contribution in [0.3, 0.4) is 0 Å². The Labute approximate surface area is 193 Å². The summed E-state index contributed by atoms with van der Waals surface area (Å²) in [5.41, 5.74) is 6.37. The number of hydrogen-bond donors (Lipinski definition) is 1. The Morgan fingerprint density at radius 2 is 1.55 bits per heavy atom. The Balaban J connectivity index is 1.28. The zero-order valence-corrected chi connectivity index (χ0v) is 18.5. The van der Waals surface area contributed by atoms with Crippen LogP contribution >= 0.6 is 0 Å².